The van der Waals surface area contributed by atoms with Crippen molar-refractivity contribution >= 4 is 67.5 Å². The zero-order chi connectivity index (χ0) is 0. The van der Waals surface area contributed by atoms with Crippen LogP contribution in [0.1, 0.15) is 0 Å². The Balaban J connectivity index is 0. The van der Waals surface area contributed by atoms with Crippen LogP contribution in [-0.4, -0.2) is 0 Å². The molecule has 0 aromatic rings. The predicted octanol–water partition coefficient (Wildman–Crippen LogP) is -0.0170. The Morgan fingerprint density at radius 2 is 0.286 bits per heavy atom. The van der Waals surface area contributed by atoms with Gasteiger partial charge < -0.3 is 67.5 Å². The molecule has 0 spiro atoms. The molecule has 0 nitrogen and oxygen atoms in total. The van der Waals surface area contributed by atoms with E-state index >= 15 is 0 Å². The fourth-order valence-corrected chi connectivity index (χ4v) is 0. The van der Waals surface area contributed by atoms with E-state index in [1.165, 1.54) is 0 Å². The van der Waals surface area contributed by atoms with Crippen LogP contribution >= 0.6 is 0 Å². The zero-order valence-electron chi connectivity index (χ0n) is 2.94. The number of rotatable bonds is 0. The maximum absolute atomic E-state index is 0. The van der Waals surface area contributed by atoms with Gasteiger partial charge in [-0.15, -0.1) is 0 Å². The van der Waals surface area contributed by atoms with Crippen LogP contribution in [-0.2, 0) is 105 Å². The molecule has 0 saturated heterocycles. The van der Waals surface area contributed by atoms with Crippen LogP contribution in [0.5, 0.6) is 0 Å². The molecule has 0 aliphatic carbocycles. The third kappa shape index (κ3) is 50.1. The zero-order valence-corrected chi connectivity index (χ0v) is 9.81. The van der Waals surface area contributed by atoms with E-state index in [0.29, 0.717) is 0 Å². The van der Waals surface area contributed by atoms with Crippen molar-refractivity contribution < 1.29 is 37.1 Å². The SMILES string of the molecule is [S-2].[S-2].[S-2].[S-2].[S-2].[V+5].[V+5]. The molecular weight excluding hydrogens is 262 g/mol. The molecule has 0 rings (SSSR count). The van der Waals surface area contributed by atoms with Gasteiger partial charge in [-0.3, -0.25) is 0 Å². The summed E-state index contributed by atoms with van der Waals surface area (Å²) >= 11 is 0. The summed E-state index contributed by atoms with van der Waals surface area (Å²) in [6, 6.07) is 0. The van der Waals surface area contributed by atoms with Gasteiger partial charge in [0.15, 0.2) is 0 Å². The minimum Gasteiger partial charge on any atom is -2.00 e. The van der Waals surface area contributed by atoms with E-state index in [4.69, 9.17) is 0 Å². The minimum atomic E-state index is 0. The van der Waals surface area contributed by atoms with Crippen molar-refractivity contribution in [3.8, 4) is 0 Å². The van der Waals surface area contributed by atoms with Crippen LogP contribution in [0, 0.1) is 0 Å². The molecule has 0 saturated carbocycles. The molecule has 0 heterocycles. The molecule has 0 aromatic carbocycles. The van der Waals surface area contributed by atoms with E-state index in [0.717, 1.165) is 0 Å². The third-order valence-corrected chi connectivity index (χ3v) is 0. The summed E-state index contributed by atoms with van der Waals surface area (Å²) < 4.78 is 0. The van der Waals surface area contributed by atoms with Crippen molar-refractivity contribution in [2.24, 2.45) is 0 Å². The monoisotopic (exact) mass is 262 g/mol. The van der Waals surface area contributed by atoms with Gasteiger partial charge in [-0.2, -0.15) is 0 Å². The van der Waals surface area contributed by atoms with Gasteiger partial charge in [-0.25, -0.2) is 0 Å². The molecule has 0 bridgehead atoms. The first kappa shape index (κ1) is 92.6. The van der Waals surface area contributed by atoms with Gasteiger partial charge in [-0.1, -0.05) is 0 Å². The normalized spacial score (nSPS) is 0. The largest absolute Gasteiger partial charge is 5.00 e. The van der Waals surface area contributed by atoms with Gasteiger partial charge in [0.25, 0.3) is 0 Å². The van der Waals surface area contributed by atoms with Crippen molar-refractivity contribution in [2.75, 3.05) is 0 Å². The van der Waals surface area contributed by atoms with Gasteiger partial charge in [0.1, 0.15) is 0 Å². The molecule has 7 heteroatoms. The Morgan fingerprint density at radius 1 is 0.286 bits per heavy atom. The second kappa shape index (κ2) is 65.6. The van der Waals surface area contributed by atoms with E-state index in [1.54, 1.807) is 0 Å². The average Bonchev–Trinajstić information content (AvgIpc) is 0. The topological polar surface area (TPSA) is 0 Å². The van der Waals surface area contributed by atoms with Crippen molar-refractivity contribution in [1.82, 2.24) is 0 Å². The maximum atomic E-state index is 0. The molecule has 40 valence electrons. The Bertz CT molecular complexity index is 6.04. The first-order valence-corrected chi connectivity index (χ1v) is 0. The fraction of sp³-hybridized carbons (Fsp3) is 0. The smallest absolute Gasteiger partial charge is 2.00 e. The predicted molar refractivity (Wildman–Crippen MR) is 36.8 cm³/mol. The van der Waals surface area contributed by atoms with E-state index in [-0.39, 0.29) is 105 Å². The van der Waals surface area contributed by atoms with Crippen molar-refractivity contribution in [2.45, 2.75) is 0 Å². The fourth-order valence-electron chi connectivity index (χ4n) is 0. The van der Waals surface area contributed by atoms with Crippen LogP contribution in [0.4, 0.5) is 0 Å². The molecule has 0 radical (unpaired) electrons. The summed E-state index contributed by atoms with van der Waals surface area (Å²) in [5.41, 5.74) is 0. The Kier molecular flexibility index (Phi) is 869. The molecule has 0 atom stereocenters. The van der Waals surface area contributed by atoms with Gasteiger partial charge in [0.05, 0.1) is 0 Å². The molecule has 0 aromatic heterocycles. The summed E-state index contributed by atoms with van der Waals surface area (Å²) in [5, 5.41) is 0. The Morgan fingerprint density at radius 3 is 0.286 bits per heavy atom. The molecule has 0 amide bonds. The van der Waals surface area contributed by atoms with Crippen LogP contribution in [0.15, 0.2) is 0 Å². The van der Waals surface area contributed by atoms with E-state index in [2.05, 4.69) is 0 Å². The average molecular weight is 262 g/mol. The number of hydrogen-bond donors (Lipinski definition) is 0. The minimum absolute atomic E-state index is 0. The van der Waals surface area contributed by atoms with Crippen molar-refractivity contribution in [1.29, 1.82) is 0 Å². The molecule has 0 unspecified atom stereocenters. The standard InChI is InChI=1S/5S.2V/q5*-2;2*+5. The summed E-state index contributed by atoms with van der Waals surface area (Å²) in [5.74, 6) is 0. The quantitative estimate of drug-likeness (QED) is 0.576. The molecule has 0 fully saturated rings. The third-order valence-electron chi connectivity index (χ3n) is 0. The molecule has 0 aliphatic heterocycles. The molecular formula is S5V2. The van der Waals surface area contributed by atoms with Gasteiger partial charge >= 0.3 is 37.1 Å². The van der Waals surface area contributed by atoms with Gasteiger partial charge in [0.2, 0.25) is 0 Å². The Labute approximate surface area is 103 Å². The summed E-state index contributed by atoms with van der Waals surface area (Å²) in [7, 11) is 0. The van der Waals surface area contributed by atoms with Crippen LogP contribution in [0.25, 0.3) is 0 Å². The van der Waals surface area contributed by atoms with Gasteiger partial charge in [0, 0.05) is 0 Å². The number of hydrogen-bond acceptors (Lipinski definition) is 0. The summed E-state index contributed by atoms with van der Waals surface area (Å²) in [6.07, 6.45) is 0. The summed E-state index contributed by atoms with van der Waals surface area (Å²) in [4.78, 5) is 0. The van der Waals surface area contributed by atoms with Crippen molar-refractivity contribution in [3.05, 3.63) is 0 Å². The van der Waals surface area contributed by atoms with E-state index in [9.17, 15) is 0 Å². The van der Waals surface area contributed by atoms with Crippen LogP contribution in [0.2, 0.25) is 0 Å². The molecule has 7 heavy (non-hydrogen) atoms. The second-order valence-corrected chi connectivity index (χ2v) is 0. The van der Waals surface area contributed by atoms with E-state index in [1.807, 2.05) is 0 Å². The first-order chi connectivity index (χ1) is 0. The molecule has 0 aliphatic rings. The van der Waals surface area contributed by atoms with Gasteiger partial charge in [-0.05, 0) is 0 Å². The Hall–Kier alpha value is 2.92. The van der Waals surface area contributed by atoms with E-state index < -0.39 is 0 Å². The van der Waals surface area contributed by atoms with Crippen LogP contribution < -0.4 is 0 Å². The first-order valence-electron chi connectivity index (χ1n) is 0. The molecule has 0 N–H and O–H groups in total. The van der Waals surface area contributed by atoms with Crippen molar-refractivity contribution in [3.63, 3.8) is 0 Å². The maximum Gasteiger partial charge on any atom is 5.00 e. The second-order valence-electron chi connectivity index (χ2n) is 0. The van der Waals surface area contributed by atoms with Crippen LogP contribution in [0.3, 0.4) is 0 Å². The summed E-state index contributed by atoms with van der Waals surface area (Å²) in [6.45, 7) is 0.